The van der Waals surface area contributed by atoms with Gasteiger partial charge in [-0.1, -0.05) is 29.3 Å². The normalized spacial score (nSPS) is 16.6. The van der Waals surface area contributed by atoms with E-state index in [1.807, 2.05) is 6.07 Å². The van der Waals surface area contributed by atoms with E-state index in [-0.39, 0.29) is 12.5 Å². The molecule has 0 saturated heterocycles. The fraction of sp³-hybridized carbons (Fsp3) is 0.308. The highest BCUT2D eigenvalue weighted by Gasteiger charge is 2.44. The minimum absolute atomic E-state index is 0.0346. The second-order valence-electron chi connectivity index (χ2n) is 4.78. The maximum atomic E-state index is 12.2. The standard InChI is InChI=1S/C13H11Cl2NO2S/c14-7-1-2-8-9(5-7)19-11(10(8)15)12(18)16-13(6-17)3-4-13/h1-2,5,17H,3-4,6H2,(H,16,18). The molecule has 0 aliphatic heterocycles. The van der Waals surface area contributed by atoms with Crippen LogP contribution in [0.3, 0.4) is 0 Å². The van der Waals surface area contributed by atoms with Gasteiger partial charge in [0.15, 0.2) is 0 Å². The molecule has 1 aromatic carbocycles. The van der Waals surface area contributed by atoms with E-state index >= 15 is 0 Å². The van der Waals surface area contributed by atoms with Gasteiger partial charge in [0.25, 0.3) is 5.91 Å². The van der Waals surface area contributed by atoms with Gasteiger partial charge in [0.2, 0.25) is 0 Å². The maximum Gasteiger partial charge on any atom is 0.263 e. The fourth-order valence-electron chi connectivity index (χ4n) is 1.96. The van der Waals surface area contributed by atoms with Crippen molar-refractivity contribution in [3.8, 4) is 0 Å². The summed E-state index contributed by atoms with van der Waals surface area (Å²) in [6.45, 7) is -0.0346. The molecule has 2 aromatic rings. The van der Waals surface area contributed by atoms with Gasteiger partial charge in [-0.25, -0.2) is 0 Å². The van der Waals surface area contributed by atoms with E-state index < -0.39 is 5.54 Å². The third-order valence-corrected chi connectivity index (χ3v) is 5.22. The van der Waals surface area contributed by atoms with Crippen LogP contribution < -0.4 is 5.32 Å². The second-order valence-corrected chi connectivity index (χ2v) is 6.64. The average Bonchev–Trinajstić information content (AvgIpc) is 3.08. The van der Waals surface area contributed by atoms with Crippen molar-refractivity contribution in [2.24, 2.45) is 0 Å². The molecule has 1 fully saturated rings. The minimum Gasteiger partial charge on any atom is -0.394 e. The van der Waals surface area contributed by atoms with Gasteiger partial charge in [0, 0.05) is 15.1 Å². The number of hydrogen-bond acceptors (Lipinski definition) is 3. The molecule has 1 amide bonds. The zero-order chi connectivity index (χ0) is 13.6. The van der Waals surface area contributed by atoms with Crippen LogP contribution in [0, 0.1) is 0 Å². The molecule has 0 spiro atoms. The van der Waals surface area contributed by atoms with Crippen LogP contribution in [-0.2, 0) is 0 Å². The first-order chi connectivity index (χ1) is 9.04. The SMILES string of the molecule is O=C(NC1(CO)CC1)c1sc2cc(Cl)ccc2c1Cl. The smallest absolute Gasteiger partial charge is 0.263 e. The van der Waals surface area contributed by atoms with E-state index in [1.54, 1.807) is 12.1 Å². The molecule has 1 aromatic heterocycles. The number of fused-ring (bicyclic) bond motifs is 1. The van der Waals surface area contributed by atoms with Crippen molar-refractivity contribution in [1.82, 2.24) is 5.32 Å². The van der Waals surface area contributed by atoms with Crippen LogP contribution in [0.1, 0.15) is 22.5 Å². The average molecular weight is 316 g/mol. The number of aliphatic hydroxyl groups is 1. The Morgan fingerprint density at radius 2 is 2.16 bits per heavy atom. The van der Waals surface area contributed by atoms with Gasteiger partial charge in [-0.15, -0.1) is 11.3 Å². The van der Waals surface area contributed by atoms with Crippen LogP contribution in [0.4, 0.5) is 0 Å². The van der Waals surface area contributed by atoms with Crippen LogP contribution in [0.2, 0.25) is 10.0 Å². The molecule has 0 atom stereocenters. The summed E-state index contributed by atoms with van der Waals surface area (Å²) < 4.78 is 0.886. The Bertz CT molecular complexity index is 664. The van der Waals surface area contributed by atoms with Crippen LogP contribution >= 0.6 is 34.5 Å². The lowest BCUT2D eigenvalue weighted by molar-refractivity contribution is 0.0911. The molecule has 0 radical (unpaired) electrons. The number of amides is 1. The molecule has 0 unspecified atom stereocenters. The second kappa shape index (κ2) is 4.63. The Morgan fingerprint density at radius 3 is 2.79 bits per heavy atom. The quantitative estimate of drug-likeness (QED) is 0.911. The van der Waals surface area contributed by atoms with Crippen molar-refractivity contribution in [3.63, 3.8) is 0 Å². The van der Waals surface area contributed by atoms with E-state index in [2.05, 4.69) is 5.32 Å². The number of halogens is 2. The summed E-state index contributed by atoms with van der Waals surface area (Å²) in [5.41, 5.74) is -0.436. The van der Waals surface area contributed by atoms with Crippen LogP contribution in [0.5, 0.6) is 0 Å². The number of thiophene rings is 1. The maximum absolute atomic E-state index is 12.2. The van der Waals surface area contributed by atoms with Crippen molar-refractivity contribution in [1.29, 1.82) is 0 Å². The first kappa shape index (κ1) is 13.2. The molecule has 1 aliphatic rings. The predicted molar refractivity (Wildman–Crippen MR) is 78.4 cm³/mol. The van der Waals surface area contributed by atoms with Gasteiger partial charge in [0.1, 0.15) is 4.88 Å². The third-order valence-electron chi connectivity index (χ3n) is 3.33. The molecular formula is C13H11Cl2NO2S. The monoisotopic (exact) mass is 315 g/mol. The van der Waals surface area contributed by atoms with E-state index in [9.17, 15) is 9.90 Å². The molecule has 100 valence electrons. The topological polar surface area (TPSA) is 49.3 Å². The summed E-state index contributed by atoms with van der Waals surface area (Å²) in [6.07, 6.45) is 1.62. The Balaban J connectivity index is 1.96. The summed E-state index contributed by atoms with van der Waals surface area (Å²) in [5, 5.41) is 14.0. The lowest BCUT2D eigenvalue weighted by Crippen LogP contribution is -2.39. The number of carbonyl (C=O) groups is 1. The zero-order valence-corrected chi connectivity index (χ0v) is 12.2. The Labute approximate surface area is 124 Å². The molecule has 1 saturated carbocycles. The summed E-state index contributed by atoms with van der Waals surface area (Å²) in [5.74, 6) is -0.228. The molecule has 1 heterocycles. The summed E-state index contributed by atoms with van der Waals surface area (Å²) >= 11 is 13.5. The number of hydrogen-bond donors (Lipinski definition) is 2. The van der Waals surface area contributed by atoms with Gasteiger partial charge in [-0.2, -0.15) is 0 Å². The number of aliphatic hydroxyl groups excluding tert-OH is 1. The molecule has 19 heavy (non-hydrogen) atoms. The summed E-state index contributed by atoms with van der Waals surface area (Å²) in [6, 6.07) is 5.36. The summed E-state index contributed by atoms with van der Waals surface area (Å²) in [7, 11) is 0. The van der Waals surface area contributed by atoms with Crippen LogP contribution in [-0.4, -0.2) is 23.2 Å². The molecule has 0 bridgehead atoms. The Morgan fingerprint density at radius 1 is 1.42 bits per heavy atom. The minimum atomic E-state index is -0.436. The summed E-state index contributed by atoms with van der Waals surface area (Å²) in [4.78, 5) is 12.7. The highest BCUT2D eigenvalue weighted by Crippen LogP contribution is 2.39. The number of benzene rings is 1. The van der Waals surface area contributed by atoms with E-state index in [1.165, 1.54) is 11.3 Å². The molecule has 1 aliphatic carbocycles. The van der Waals surface area contributed by atoms with E-state index in [0.29, 0.717) is 14.9 Å². The largest absolute Gasteiger partial charge is 0.394 e. The molecule has 6 heteroatoms. The zero-order valence-electron chi connectivity index (χ0n) is 9.87. The van der Waals surface area contributed by atoms with Gasteiger partial charge in [-0.3, -0.25) is 4.79 Å². The van der Waals surface area contributed by atoms with Crippen molar-refractivity contribution >= 4 is 50.5 Å². The molecular weight excluding hydrogens is 305 g/mol. The van der Waals surface area contributed by atoms with E-state index in [4.69, 9.17) is 23.2 Å². The lowest BCUT2D eigenvalue weighted by atomic mass is 10.2. The highest BCUT2D eigenvalue weighted by atomic mass is 35.5. The highest BCUT2D eigenvalue weighted by molar-refractivity contribution is 7.21. The third kappa shape index (κ3) is 2.34. The fourth-order valence-corrected chi connectivity index (χ4v) is 3.64. The number of nitrogens with one attached hydrogen (secondary N) is 1. The van der Waals surface area contributed by atoms with Crippen LogP contribution in [0.15, 0.2) is 18.2 Å². The first-order valence-electron chi connectivity index (χ1n) is 5.86. The first-order valence-corrected chi connectivity index (χ1v) is 7.43. The molecule has 3 rings (SSSR count). The predicted octanol–water partition coefficient (Wildman–Crippen LogP) is 3.46. The van der Waals surface area contributed by atoms with Crippen molar-refractivity contribution < 1.29 is 9.90 Å². The Kier molecular flexibility index (Phi) is 3.21. The van der Waals surface area contributed by atoms with Gasteiger partial charge >= 0.3 is 0 Å². The van der Waals surface area contributed by atoms with Crippen molar-refractivity contribution in [2.75, 3.05) is 6.61 Å². The molecule has 3 nitrogen and oxygen atoms in total. The van der Waals surface area contributed by atoms with Crippen molar-refractivity contribution in [2.45, 2.75) is 18.4 Å². The Hall–Kier alpha value is -0.810. The van der Waals surface area contributed by atoms with Gasteiger partial charge < -0.3 is 10.4 Å². The van der Waals surface area contributed by atoms with Gasteiger partial charge in [0.05, 0.1) is 17.2 Å². The van der Waals surface area contributed by atoms with Crippen LogP contribution in [0.25, 0.3) is 10.1 Å². The van der Waals surface area contributed by atoms with Gasteiger partial charge in [-0.05, 0) is 25.0 Å². The number of rotatable bonds is 3. The molecule has 2 N–H and O–H groups in total. The number of carbonyl (C=O) groups excluding carboxylic acids is 1. The van der Waals surface area contributed by atoms with Crippen molar-refractivity contribution in [3.05, 3.63) is 33.1 Å². The lowest BCUT2D eigenvalue weighted by Gasteiger charge is -2.13. The van der Waals surface area contributed by atoms with E-state index in [0.717, 1.165) is 22.9 Å².